The normalized spacial score (nSPS) is 18.1. The van der Waals surface area contributed by atoms with Crippen molar-refractivity contribution in [3.8, 4) is 5.75 Å². The van der Waals surface area contributed by atoms with Crippen molar-refractivity contribution in [3.05, 3.63) is 35.5 Å². The summed E-state index contributed by atoms with van der Waals surface area (Å²) in [5.41, 5.74) is 1.26. The number of aromatic hydroxyl groups is 1. The highest BCUT2D eigenvalue weighted by molar-refractivity contribution is 6.13. The van der Waals surface area contributed by atoms with Crippen molar-refractivity contribution in [3.63, 3.8) is 0 Å². The Morgan fingerprint density at radius 2 is 1.94 bits per heavy atom. The van der Waals surface area contributed by atoms with Crippen molar-refractivity contribution >= 4 is 17.8 Å². The first-order valence-electron chi connectivity index (χ1n) is 4.92. The molecule has 2 rings (SSSR count). The van der Waals surface area contributed by atoms with Gasteiger partial charge in [0.2, 0.25) is 0 Å². The van der Waals surface area contributed by atoms with Crippen LogP contribution in [-0.2, 0) is 4.79 Å². The number of carbonyl (C=O) groups is 1. The molecule has 1 amide bonds. The smallest absolute Gasteiger partial charge is 0.277 e. The van der Waals surface area contributed by atoms with Crippen molar-refractivity contribution in [2.24, 2.45) is 4.99 Å². The lowest BCUT2D eigenvalue weighted by molar-refractivity contribution is -0.121. The Hall–Kier alpha value is -2.10. The van der Waals surface area contributed by atoms with Gasteiger partial charge in [0.05, 0.1) is 0 Å². The molecule has 0 unspecified atom stereocenters. The maximum Gasteiger partial charge on any atom is 0.277 e. The van der Waals surface area contributed by atoms with Crippen LogP contribution in [-0.4, -0.2) is 28.8 Å². The van der Waals surface area contributed by atoms with E-state index in [2.05, 4.69) is 4.99 Å². The van der Waals surface area contributed by atoms with Crippen molar-refractivity contribution < 1.29 is 9.90 Å². The first-order chi connectivity index (χ1) is 7.58. The Morgan fingerprint density at radius 1 is 1.31 bits per heavy atom. The molecule has 16 heavy (non-hydrogen) atoms. The maximum atomic E-state index is 11.7. The van der Waals surface area contributed by atoms with Crippen molar-refractivity contribution in [2.45, 2.75) is 6.92 Å². The molecule has 0 fully saturated rings. The molecule has 1 heterocycles. The molecule has 1 aromatic carbocycles. The van der Waals surface area contributed by atoms with Crippen molar-refractivity contribution in [2.75, 3.05) is 7.05 Å². The Morgan fingerprint density at radius 3 is 2.44 bits per heavy atom. The summed E-state index contributed by atoms with van der Waals surface area (Å²) in [6.07, 6.45) is 1.70. The minimum absolute atomic E-state index is 0.106. The number of benzene rings is 1. The Balaban J connectivity index is 2.32. The molecule has 0 saturated carbocycles. The van der Waals surface area contributed by atoms with Crippen LogP contribution in [0.1, 0.15) is 12.5 Å². The maximum absolute atomic E-state index is 11.7. The fourth-order valence-electron chi connectivity index (χ4n) is 1.44. The first-order valence-corrected chi connectivity index (χ1v) is 4.92. The van der Waals surface area contributed by atoms with E-state index in [0.29, 0.717) is 11.5 Å². The van der Waals surface area contributed by atoms with Crippen molar-refractivity contribution in [1.82, 2.24) is 4.90 Å². The third kappa shape index (κ3) is 1.82. The lowest BCUT2D eigenvalue weighted by Crippen LogP contribution is -2.25. The molecule has 0 saturated heterocycles. The molecule has 4 heteroatoms. The number of hydrogen-bond acceptors (Lipinski definition) is 3. The Bertz CT molecular complexity index is 486. The van der Waals surface area contributed by atoms with Gasteiger partial charge in [0.1, 0.15) is 17.3 Å². The molecule has 0 aliphatic carbocycles. The number of phenolic OH excluding ortho intramolecular Hbond substituents is 1. The molecule has 1 aliphatic rings. The molecule has 82 valence electrons. The number of hydrogen-bond donors (Lipinski definition) is 1. The number of rotatable bonds is 1. The van der Waals surface area contributed by atoms with E-state index in [1.54, 1.807) is 44.3 Å². The predicted octanol–water partition coefficient (Wildman–Crippen LogP) is 1.62. The highest BCUT2D eigenvalue weighted by Crippen LogP contribution is 2.18. The van der Waals surface area contributed by atoms with Gasteiger partial charge in [-0.2, -0.15) is 0 Å². The standard InChI is InChI=1S/C12H12N2O2/c1-8-13-11(12(16)14(8)2)7-9-3-5-10(15)6-4-9/h3-7,15H,1-2H3/b11-7-. The molecule has 0 aromatic heterocycles. The van der Waals surface area contributed by atoms with E-state index in [0.717, 1.165) is 5.56 Å². The van der Waals surface area contributed by atoms with Crippen LogP contribution in [0.3, 0.4) is 0 Å². The summed E-state index contributed by atoms with van der Waals surface area (Å²) in [5, 5.41) is 9.13. The summed E-state index contributed by atoms with van der Waals surface area (Å²) in [5.74, 6) is 0.789. The molecular formula is C12H12N2O2. The second-order valence-corrected chi connectivity index (χ2v) is 3.64. The molecule has 0 radical (unpaired) electrons. The van der Waals surface area contributed by atoms with E-state index in [4.69, 9.17) is 5.11 Å². The summed E-state index contributed by atoms with van der Waals surface area (Å²) in [4.78, 5) is 17.3. The highest BCUT2D eigenvalue weighted by Gasteiger charge is 2.23. The monoisotopic (exact) mass is 216 g/mol. The average molecular weight is 216 g/mol. The van der Waals surface area contributed by atoms with Gasteiger partial charge < -0.3 is 5.11 Å². The van der Waals surface area contributed by atoms with Crippen LogP contribution in [0.25, 0.3) is 6.08 Å². The van der Waals surface area contributed by atoms with Crippen LogP contribution >= 0.6 is 0 Å². The second-order valence-electron chi connectivity index (χ2n) is 3.64. The van der Waals surface area contributed by atoms with E-state index >= 15 is 0 Å². The quantitative estimate of drug-likeness (QED) is 0.725. The number of nitrogens with zero attached hydrogens (tertiary/aromatic N) is 2. The fraction of sp³-hybridized carbons (Fsp3) is 0.167. The zero-order chi connectivity index (χ0) is 11.7. The predicted molar refractivity (Wildman–Crippen MR) is 62.0 cm³/mol. The first kappa shape index (κ1) is 10.4. The summed E-state index contributed by atoms with van der Waals surface area (Å²) >= 11 is 0. The third-order valence-electron chi connectivity index (χ3n) is 2.49. The lowest BCUT2D eigenvalue weighted by Gasteiger charge is -2.05. The van der Waals surface area contributed by atoms with E-state index in [-0.39, 0.29) is 11.7 Å². The fourth-order valence-corrected chi connectivity index (χ4v) is 1.44. The summed E-state index contributed by atoms with van der Waals surface area (Å²) in [6.45, 7) is 1.79. The minimum atomic E-state index is -0.106. The van der Waals surface area contributed by atoms with Gasteiger partial charge in [0.15, 0.2) is 0 Å². The molecule has 1 aliphatic heterocycles. The van der Waals surface area contributed by atoms with Crippen molar-refractivity contribution in [1.29, 1.82) is 0 Å². The molecular weight excluding hydrogens is 204 g/mol. The van der Waals surface area contributed by atoms with Gasteiger partial charge in [-0.15, -0.1) is 0 Å². The highest BCUT2D eigenvalue weighted by atomic mass is 16.3. The van der Waals surface area contributed by atoms with Gasteiger partial charge in [-0.25, -0.2) is 4.99 Å². The van der Waals surface area contributed by atoms with Crippen LogP contribution in [0.2, 0.25) is 0 Å². The zero-order valence-electron chi connectivity index (χ0n) is 9.14. The van der Waals surface area contributed by atoms with E-state index in [1.165, 1.54) is 4.90 Å². The van der Waals surface area contributed by atoms with E-state index in [1.807, 2.05) is 0 Å². The topological polar surface area (TPSA) is 52.9 Å². The molecule has 4 nitrogen and oxygen atoms in total. The number of amidine groups is 1. The number of carbonyl (C=O) groups excluding carboxylic acids is 1. The lowest BCUT2D eigenvalue weighted by atomic mass is 10.2. The second kappa shape index (κ2) is 3.81. The summed E-state index contributed by atoms with van der Waals surface area (Å²) in [7, 11) is 1.69. The molecule has 0 bridgehead atoms. The molecule has 0 spiro atoms. The SMILES string of the molecule is CC1=N/C(=C\c2ccc(O)cc2)C(=O)N1C. The number of phenols is 1. The van der Waals surface area contributed by atoms with Crippen LogP contribution in [0.15, 0.2) is 35.0 Å². The number of aliphatic imine (C=N–C) groups is 1. The zero-order valence-corrected chi connectivity index (χ0v) is 9.14. The van der Waals surface area contributed by atoms with Crippen LogP contribution in [0, 0.1) is 0 Å². The third-order valence-corrected chi connectivity index (χ3v) is 2.49. The van der Waals surface area contributed by atoms with Gasteiger partial charge in [-0.1, -0.05) is 12.1 Å². The van der Waals surface area contributed by atoms with Gasteiger partial charge >= 0.3 is 0 Å². The Kier molecular flexibility index (Phi) is 2.48. The van der Waals surface area contributed by atoms with Gasteiger partial charge in [-0.05, 0) is 30.7 Å². The summed E-state index contributed by atoms with van der Waals surface area (Å²) in [6, 6.07) is 6.62. The molecule has 0 atom stereocenters. The summed E-state index contributed by atoms with van der Waals surface area (Å²) < 4.78 is 0. The number of likely N-dealkylation sites (N-methyl/N-ethyl adjacent to an activating group) is 1. The van der Waals surface area contributed by atoms with Crippen LogP contribution in [0.5, 0.6) is 5.75 Å². The molecule has 1 N–H and O–H groups in total. The van der Waals surface area contributed by atoms with E-state index < -0.39 is 0 Å². The van der Waals surface area contributed by atoms with Gasteiger partial charge in [-0.3, -0.25) is 9.69 Å². The van der Waals surface area contributed by atoms with Gasteiger partial charge in [0.25, 0.3) is 5.91 Å². The number of amides is 1. The minimum Gasteiger partial charge on any atom is -0.508 e. The average Bonchev–Trinajstić information content (AvgIpc) is 2.50. The van der Waals surface area contributed by atoms with Crippen LogP contribution in [0.4, 0.5) is 0 Å². The molecule has 1 aromatic rings. The largest absolute Gasteiger partial charge is 0.508 e. The van der Waals surface area contributed by atoms with Gasteiger partial charge in [0, 0.05) is 7.05 Å². The van der Waals surface area contributed by atoms with Crippen LogP contribution < -0.4 is 0 Å². The van der Waals surface area contributed by atoms with E-state index in [9.17, 15) is 4.79 Å². The Labute approximate surface area is 93.5 Å².